The Morgan fingerprint density at radius 2 is 2.04 bits per heavy atom. The third kappa shape index (κ3) is 5.34. The van der Waals surface area contributed by atoms with Crippen LogP contribution in [0.1, 0.15) is 17.1 Å². The standard InChI is InChI=1S/C15H19N5O3S/c1-9-4-10(2)19-15(18-9)24-7-13(21)20-12(14(22)23-3)5-11-6-16-8-17-11/h4,6,8,12H,5,7H2,1-3H3,(H,16,17)(H,20,21). The van der Waals surface area contributed by atoms with Gasteiger partial charge in [-0.15, -0.1) is 0 Å². The first kappa shape index (κ1) is 17.9. The number of carbonyl (C=O) groups excluding carboxylic acids is 2. The number of esters is 1. The number of thioether (sulfide) groups is 1. The summed E-state index contributed by atoms with van der Waals surface area (Å²) in [6.45, 7) is 3.74. The largest absolute Gasteiger partial charge is 0.467 e. The van der Waals surface area contributed by atoms with Gasteiger partial charge >= 0.3 is 5.97 Å². The predicted molar refractivity (Wildman–Crippen MR) is 88.5 cm³/mol. The number of methoxy groups -OCH3 is 1. The molecule has 9 heteroatoms. The second kappa shape index (κ2) is 8.44. The summed E-state index contributed by atoms with van der Waals surface area (Å²) in [6, 6.07) is 1.09. The van der Waals surface area contributed by atoms with Gasteiger partial charge in [0.2, 0.25) is 5.91 Å². The second-order valence-corrected chi connectivity index (χ2v) is 6.09. The molecule has 2 N–H and O–H groups in total. The zero-order valence-corrected chi connectivity index (χ0v) is 14.5. The SMILES string of the molecule is COC(=O)C(Cc1cnc[nH]1)NC(=O)CSc1nc(C)cc(C)n1. The highest BCUT2D eigenvalue weighted by atomic mass is 32.2. The van der Waals surface area contributed by atoms with E-state index in [1.165, 1.54) is 25.2 Å². The highest BCUT2D eigenvalue weighted by molar-refractivity contribution is 7.99. The molecule has 0 aliphatic carbocycles. The number of aryl methyl sites for hydroxylation is 2. The Morgan fingerprint density at radius 1 is 1.33 bits per heavy atom. The van der Waals surface area contributed by atoms with Crippen molar-refractivity contribution in [3.8, 4) is 0 Å². The molecule has 0 bridgehead atoms. The van der Waals surface area contributed by atoms with E-state index >= 15 is 0 Å². The minimum atomic E-state index is -0.774. The number of hydrogen-bond acceptors (Lipinski definition) is 7. The third-order valence-corrected chi connectivity index (χ3v) is 3.94. The summed E-state index contributed by atoms with van der Waals surface area (Å²) in [5, 5.41) is 3.20. The smallest absolute Gasteiger partial charge is 0.328 e. The molecule has 2 rings (SSSR count). The molecule has 1 atom stereocenters. The molecule has 2 heterocycles. The Labute approximate surface area is 143 Å². The van der Waals surface area contributed by atoms with Crippen molar-refractivity contribution in [2.75, 3.05) is 12.9 Å². The number of imidazole rings is 1. The lowest BCUT2D eigenvalue weighted by Crippen LogP contribution is -2.43. The summed E-state index contributed by atoms with van der Waals surface area (Å²) < 4.78 is 4.74. The maximum atomic E-state index is 12.1. The van der Waals surface area contributed by atoms with Crippen LogP contribution in [0.25, 0.3) is 0 Å². The van der Waals surface area contributed by atoms with Crippen LogP contribution in [-0.4, -0.2) is 50.7 Å². The first-order valence-corrected chi connectivity index (χ1v) is 8.26. The summed E-state index contributed by atoms with van der Waals surface area (Å²) in [4.78, 5) is 39.3. The van der Waals surface area contributed by atoms with Crippen molar-refractivity contribution >= 4 is 23.6 Å². The minimum Gasteiger partial charge on any atom is -0.467 e. The summed E-state index contributed by atoms with van der Waals surface area (Å²) in [5.41, 5.74) is 2.42. The Bertz CT molecular complexity index is 685. The Hall–Kier alpha value is -2.42. The van der Waals surface area contributed by atoms with Gasteiger partial charge in [-0.3, -0.25) is 4.79 Å². The van der Waals surface area contributed by atoms with Crippen LogP contribution in [0.5, 0.6) is 0 Å². The van der Waals surface area contributed by atoms with Crippen molar-refractivity contribution in [1.82, 2.24) is 25.3 Å². The number of amides is 1. The number of nitrogens with one attached hydrogen (secondary N) is 2. The maximum Gasteiger partial charge on any atom is 0.328 e. The highest BCUT2D eigenvalue weighted by Gasteiger charge is 2.22. The molecule has 0 radical (unpaired) electrons. The van der Waals surface area contributed by atoms with Gasteiger partial charge in [0.25, 0.3) is 0 Å². The molecule has 0 saturated carbocycles. The van der Waals surface area contributed by atoms with Crippen molar-refractivity contribution in [3.63, 3.8) is 0 Å². The summed E-state index contributed by atoms with van der Waals surface area (Å²) in [6.07, 6.45) is 3.39. The molecule has 0 spiro atoms. The van der Waals surface area contributed by atoms with Gasteiger partial charge in [0.15, 0.2) is 5.16 Å². The van der Waals surface area contributed by atoms with Crippen LogP contribution in [-0.2, 0) is 20.7 Å². The van der Waals surface area contributed by atoms with Crippen molar-refractivity contribution in [2.45, 2.75) is 31.5 Å². The molecule has 2 aromatic rings. The first-order chi connectivity index (χ1) is 11.5. The van der Waals surface area contributed by atoms with E-state index in [0.29, 0.717) is 5.16 Å². The average molecular weight is 349 g/mol. The van der Waals surface area contributed by atoms with Gasteiger partial charge in [-0.25, -0.2) is 19.7 Å². The number of H-pyrrole nitrogens is 1. The van der Waals surface area contributed by atoms with Gasteiger partial charge in [-0.1, -0.05) is 11.8 Å². The van der Waals surface area contributed by atoms with Crippen molar-refractivity contribution in [3.05, 3.63) is 35.7 Å². The highest BCUT2D eigenvalue weighted by Crippen LogP contribution is 2.13. The molecule has 0 aromatic carbocycles. The fourth-order valence-electron chi connectivity index (χ4n) is 2.08. The van der Waals surface area contributed by atoms with Crippen molar-refractivity contribution in [2.24, 2.45) is 0 Å². The van der Waals surface area contributed by atoms with Crippen LogP contribution < -0.4 is 5.32 Å². The van der Waals surface area contributed by atoms with Gasteiger partial charge in [0.05, 0.1) is 19.2 Å². The zero-order chi connectivity index (χ0) is 17.5. The quantitative estimate of drug-likeness (QED) is 0.432. The molecule has 0 fully saturated rings. The van der Waals surface area contributed by atoms with Gasteiger partial charge in [0.1, 0.15) is 6.04 Å². The number of nitrogens with zero attached hydrogens (tertiary/aromatic N) is 3. The number of rotatable bonds is 7. The first-order valence-electron chi connectivity index (χ1n) is 7.27. The second-order valence-electron chi connectivity index (χ2n) is 5.15. The third-order valence-electron chi connectivity index (χ3n) is 3.09. The van der Waals surface area contributed by atoms with E-state index in [1.807, 2.05) is 19.9 Å². The van der Waals surface area contributed by atoms with E-state index in [9.17, 15) is 9.59 Å². The molecule has 0 aliphatic rings. The number of hydrogen-bond donors (Lipinski definition) is 2. The number of aromatic nitrogens is 4. The van der Waals surface area contributed by atoms with Gasteiger partial charge in [-0.05, 0) is 19.9 Å². The van der Waals surface area contributed by atoms with E-state index in [-0.39, 0.29) is 18.1 Å². The summed E-state index contributed by atoms with van der Waals surface area (Å²) in [7, 11) is 1.28. The summed E-state index contributed by atoms with van der Waals surface area (Å²) >= 11 is 1.22. The topological polar surface area (TPSA) is 110 Å². The van der Waals surface area contributed by atoms with E-state index in [2.05, 4.69) is 25.3 Å². The Balaban J connectivity index is 1.93. The molecular formula is C15H19N5O3S. The Kier molecular flexibility index (Phi) is 6.30. The van der Waals surface area contributed by atoms with E-state index < -0.39 is 12.0 Å². The molecule has 24 heavy (non-hydrogen) atoms. The van der Waals surface area contributed by atoms with Crippen LogP contribution in [0.4, 0.5) is 0 Å². The van der Waals surface area contributed by atoms with Crippen LogP contribution in [0.2, 0.25) is 0 Å². The minimum absolute atomic E-state index is 0.110. The van der Waals surface area contributed by atoms with E-state index in [0.717, 1.165) is 17.1 Å². The van der Waals surface area contributed by atoms with Crippen LogP contribution >= 0.6 is 11.8 Å². The maximum absolute atomic E-state index is 12.1. The van der Waals surface area contributed by atoms with E-state index in [1.54, 1.807) is 6.20 Å². The molecular weight excluding hydrogens is 330 g/mol. The monoisotopic (exact) mass is 349 g/mol. The predicted octanol–water partition coefficient (Wildman–Crippen LogP) is 0.809. The number of ether oxygens (including phenoxy) is 1. The lowest BCUT2D eigenvalue weighted by molar-refractivity contribution is -0.144. The molecule has 0 saturated heterocycles. The van der Waals surface area contributed by atoms with Crippen molar-refractivity contribution in [1.29, 1.82) is 0 Å². The fourth-order valence-corrected chi connectivity index (χ4v) is 2.84. The molecule has 128 valence electrons. The summed E-state index contributed by atoms with van der Waals surface area (Å²) in [5.74, 6) is -0.692. The number of aromatic amines is 1. The van der Waals surface area contributed by atoms with Crippen LogP contribution in [0.15, 0.2) is 23.7 Å². The normalized spacial score (nSPS) is 11.8. The molecule has 8 nitrogen and oxygen atoms in total. The van der Waals surface area contributed by atoms with Crippen molar-refractivity contribution < 1.29 is 14.3 Å². The van der Waals surface area contributed by atoms with Gasteiger partial charge in [0, 0.05) is 29.7 Å². The molecule has 2 aromatic heterocycles. The van der Waals surface area contributed by atoms with E-state index in [4.69, 9.17) is 4.74 Å². The lowest BCUT2D eigenvalue weighted by Gasteiger charge is -2.15. The molecule has 0 aliphatic heterocycles. The molecule has 1 unspecified atom stereocenters. The van der Waals surface area contributed by atoms with Crippen LogP contribution in [0, 0.1) is 13.8 Å². The fraction of sp³-hybridized carbons (Fsp3) is 0.400. The van der Waals surface area contributed by atoms with Gasteiger partial charge < -0.3 is 15.0 Å². The average Bonchev–Trinajstić information content (AvgIpc) is 3.03. The van der Waals surface area contributed by atoms with Crippen LogP contribution in [0.3, 0.4) is 0 Å². The van der Waals surface area contributed by atoms with Gasteiger partial charge in [-0.2, -0.15) is 0 Å². The zero-order valence-electron chi connectivity index (χ0n) is 13.7. The number of carbonyl (C=O) groups is 2. The Morgan fingerprint density at radius 3 is 2.62 bits per heavy atom. The lowest BCUT2D eigenvalue weighted by atomic mass is 10.1. The molecule has 1 amide bonds.